The van der Waals surface area contributed by atoms with Crippen molar-refractivity contribution in [1.29, 1.82) is 0 Å². The summed E-state index contributed by atoms with van der Waals surface area (Å²) in [5, 5.41) is 10.6. The lowest BCUT2D eigenvalue weighted by molar-refractivity contribution is -0.384. The molecule has 108 valence electrons. The van der Waals surface area contributed by atoms with E-state index >= 15 is 0 Å². The predicted octanol–water partition coefficient (Wildman–Crippen LogP) is 3.14. The van der Waals surface area contributed by atoms with E-state index in [0.717, 1.165) is 5.56 Å². The number of aromatic nitrogens is 1. The first-order chi connectivity index (χ1) is 10.0. The highest BCUT2D eigenvalue weighted by molar-refractivity contribution is 5.90. The fourth-order valence-corrected chi connectivity index (χ4v) is 1.90. The molecule has 2 aromatic rings. The highest BCUT2D eigenvalue weighted by Gasteiger charge is 2.12. The molecular formula is C15H14N2O4. The molecule has 1 aromatic carbocycles. The summed E-state index contributed by atoms with van der Waals surface area (Å²) in [6, 6.07) is 9.45. The molecule has 1 heterocycles. The normalized spacial score (nSPS) is 10.2. The van der Waals surface area contributed by atoms with Gasteiger partial charge in [0.05, 0.1) is 28.5 Å². The molecule has 0 spiro atoms. The molecule has 0 aliphatic rings. The molecule has 21 heavy (non-hydrogen) atoms. The highest BCUT2D eigenvalue weighted by Crippen LogP contribution is 2.22. The molecule has 0 aliphatic heterocycles. The average molecular weight is 286 g/mol. The number of non-ortho nitro benzene ring substituents is 1. The standard InChI is InChI=1S/C15H14N2O4/c1-3-21-15(18)13-8-9-14(16-10(13)2)11-4-6-12(7-5-11)17(19)20/h4-9H,3H2,1-2H3. The minimum absolute atomic E-state index is 0.0265. The van der Waals surface area contributed by atoms with Crippen molar-refractivity contribution in [3.63, 3.8) is 0 Å². The van der Waals surface area contributed by atoms with Gasteiger partial charge in [0.15, 0.2) is 0 Å². The van der Waals surface area contributed by atoms with Crippen molar-refractivity contribution < 1.29 is 14.5 Å². The van der Waals surface area contributed by atoms with Gasteiger partial charge in [0.1, 0.15) is 0 Å². The molecule has 0 atom stereocenters. The van der Waals surface area contributed by atoms with Gasteiger partial charge in [0.2, 0.25) is 0 Å². The molecule has 2 rings (SSSR count). The monoisotopic (exact) mass is 286 g/mol. The summed E-state index contributed by atoms with van der Waals surface area (Å²) >= 11 is 0. The van der Waals surface area contributed by atoms with Gasteiger partial charge in [0, 0.05) is 17.7 Å². The largest absolute Gasteiger partial charge is 0.462 e. The zero-order valence-electron chi connectivity index (χ0n) is 11.7. The molecule has 0 bridgehead atoms. The Bertz CT molecular complexity index is 681. The molecule has 1 aromatic heterocycles. The van der Waals surface area contributed by atoms with Gasteiger partial charge in [-0.05, 0) is 38.1 Å². The lowest BCUT2D eigenvalue weighted by atomic mass is 10.1. The van der Waals surface area contributed by atoms with E-state index in [4.69, 9.17) is 4.74 Å². The number of aryl methyl sites for hydroxylation is 1. The van der Waals surface area contributed by atoms with Gasteiger partial charge in [-0.1, -0.05) is 0 Å². The molecule has 0 saturated heterocycles. The minimum Gasteiger partial charge on any atom is -0.462 e. The summed E-state index contributed by atoms with van der Waals surface area (Å²) in [6.07, 6.45) is 0. The summed E-state index contributed by atoms with van der Waals surface area (Å²) in [6.45, 7) is 3.77. The molecule has 0 fully saturated rings. The van der Waals surface area contributed by atoms with Gasteiger partial charge >= 0.3 is 5.97 Å². The van der Waals surface area contributed by atoms with E-state index < -0.39 is 10.9 Å². The van der Waals surface area contributed by atoms with Crippen LogP contribution in [0.25, 0.3) is 11.3 Å². The van der Waals surface area contributed by atoms with Crippen molar-refractivity contribution >= 4 is 11.7 Å². The number of nitrogens with zero attached hydrogens (tertiary/aromatic N) is 2. The molecule has 0 saturated carbocycles. The number of nitro benzene ring substituents is 1. The third-order valence-corrected chi connectivity index (χ3v) is 2.96. The molecule has 0 unspecified atom stereocenters. The van der Waals surface area contributed by atoms with E-state index in [0.29, 0.717) is 23.6 Å². The Morgan fingerprint density at radius 3 is 2.43 bits per heavy atom. The predicted molar refractivity (Wildman–Crippen MR) is 77.0 cm³/mol. The van der Waals surface area contributed by atoms with Crippen LogP contribution in [0.3, 0.4) is 0 Å². The Labute approximate surface area is 121 Å². The highest BCUT2D eigenvalue weighted by atomic mass is 16.6. The van der Waals surface area contributed by atoms with Crippen molar-refractivity contribution in [2.24, 2.45) is 0 Å². The summed E-state index contributed by atoms with van der Waals surface area (Å²) < 4.78 is 4.94. The third kappa shape index (κ3) is 3.22. The maximum absolute atomic E-state index is 11.7. The molecule has 6 nitrogen and oxygen atoms in total. The van der Waals surface area contributed by atoms with Crippen LogP contribution in [-0.4, -0.2) is 22.5 Å². The number of benzene rings is 1. The number of hydrogen-bond donors (Lipinski definition) is 0. The second kappa shape index (κ2) is 6.13. The van der Waals surface area contributed by atoms with Crippen LogP contribution in [0.1, 0.15) is 23.0 Å². The van der Waals surface area contributed by atoms with Gasteiger partial charge in [-0.25, -0.2) is 4.79 Å². The first-order valence-electron chi connectivity index (χ1n) is 6.42. The summed E-state index contributed by atoms with van der Waals surface area (Å²) in [5.41, 5.74) is 2.40. The molecule has 0 aliphatic carbocycles. The SMILES string of the molecule is CCOC(=O)c1ccc(-c2ccc([N+](=O)[O-])cc2)nc1C. The Kier molecular flexibility index (Phi) is 4.27. The fourth-order valence-electron chi connectivity index (χ4n) is 1.90. The second-order valence-electron chi connectivity index (χ2n) is 4.35. The first kappa shape index (κ1) is 14.6. The van der Waals surface area contributed by atoms with E-state index in [9.17, 15) is 14.9 Å². The van der Waals surface area contributed by atoms with Crippen LogP contribution < -0.4 is 0 Å². The number of carbonyl (C=O) groups excluding carboxylic acids is 1. The van der Waals surface area contributed by atoms with E-state index in [2.05, 4.69) is 4.98 Å². The van der Waals surface area contributed by atoms with Crippen LogP contribution >= 0.6 is 0 Å². The Morgan fingerprint density at radius 2 is 1.90 bits per heavy atom. The maximum Gasteiger partial charge on any atom is 0.339 e. The summed E-state index contributed by atoms with van der Waals surface area (Å²) in [7, 11) is 0. The molecule has 0 N–H and O–H groups in total. The van der Waals surface area contributed by atoms with E-state index in [1.807, 2.05) is 0 Å². The van der Waals surface area contributed by atoms with Crippen molar-refractivity contribution in [2.45, 2.75) is 13.8 Å². The topological polar surface area (TPSA) is 82.3 Å². The second-order valence-corrected chi connectivity index (χ2v) is 4.35. The number of hydrogen-bond acceptors (Lipinski definition) is 5. The molecule has 6 heteroatoms. The molecule has 0 radical (unpaired) electrons. The van der Waals surface area contributed by atoms with Crippen molar-refractivity contribution in [3.05, 3.63) is 57.8 Å². The lowest BCUT2D eigenvalue weighted by Crippen LogP contribution is -2.08. The fraction of sp³-hybridized carbons (Fsp3) is 0.200. The minimum atomic E-state index is -0.452. The number of carbonyl (C=O) groups is 1. The zero-order chi connectivity index (χ0) is 15.4. The van der Waals surface area contributed by atoms with Crippen LogP contribution in [0.15, 0.2) is 36.4 Å². The summed E-state index contributed by atoms with van der Waals surface area (Å²) in [4.78, 5) is 26.2. The average Bonchev–Trinajstić information content (AvgIpc) is 2.47. The third-order valence-electron chi connectivity index (χ3n) is 2.96. The zero-order valence-corrected chi connectivity index (χ0v) is 11.7. The van der Waals surface area contributed by atoms with Crippen LogP contribution in [-0.2, 0) is 4.74 Å². The van der Waals surface area contributed by atoms with Gasteiger partial charge in [-0.2, -0.15) is 0 Å². The lowest BCUT2D eigenvalue weighted by Gasteiger charge is -2.07. The van der Waals surface area contributed by atoms with Crippen LogP contribution in [0.2, 0.25) is 0 Å². The number of ether oxygens (including phenoxy) is 1. The van der Waals surface area contributed by atoms with E-state index in [1.54, 1.807) is 38.1 Å². The molecule has 0 amide bonds. The van der Waals surface area contributed by atoms with Crippen LogP contribution in [0.4, 0.5) is 5.69 Å². The number of rotatable bonds is 4. The number of pyridine rings is 1. The van der Waals surface area contributed by atoms with E-state index in [1.165, 1.54) is 12.1 Å². The van der Waals surface area contributed by atoms with Crippen LogP contribution in [0.5, 0.6) is 0 Å². The van der Waals surface area contributed by atoms with Crippen LogP contribution in [0, 0.1) is 17.0 Å². The number of esters is 1. The van der Waals surface area contributed by atoms with Crippen molar-refractivity contribution in [1.82, 2.24) is 4.98 Å². The Balaban J connectivity index is 2.31. The maximum atomic E-state index is 11.7. The first-order valence-corrected chi connectivity index (χ1v) is 6.42. The van der Waals surface area contributed by atoms with Gasteiger partial charge < -0.3 is 4.74 Å². The molecular weight excluding hydrogens is 272 g/mol. The Hall–Kier alpha value is -2.76. The van der Waals surface area contributed by atoms with Crippen molar-refractivity contribution in [3.8, 4) is 11.3 Å². The quantitative estimate of drug-likeness (QED) is 0.490. The Morgan fingerprint density at radius 1 is 1.24 bits per heavy atom. The smallest absolute Gasteiger partial charge is 0.339 e. The number of nitro groups is 1. The van der Waals surface area contributed by atoms with Gasteiger partial charge in [0.25, 0.3) is 5.69 Å². The van der Waals surface area contributed by atoms with Gasteiger partial charge in [-0.15, -0.1) is 0 Å². The van der Waals surface area contributed by atoms with E-state index in [-0.39, 0.29) is 5.69 Å². The van der Waals surface area contributed by atoms with Gasteiger partial charge in [-0.3, -0.25) is 15.1 Å². The van der Waals surface area contributed by atoms with Crippen molar-refractivity contribution in [2.75, 3.05) is 6.61 Å². The summed E-state index contributed by atoms with van der Waals surface area (Å²) in [5.74, 6) is -0.405.